The zero-order valence-corrected chi connectivity index (χ0v) is 16.8. The molecule has 0 aliphatic carbocycles. The monoisotopic (exact) mass is 386 g/mol. The molecule has 0 fully saturated rings. The normalized spacial score (nSPS) is 12.4. The molecule has 6 heteroatoms. The van der Waals surface area contributed by atoms with Crippen LogP contribution < -0.4 is 16.0 Å². The van der Waals surface area contributed by atoms with Crippen molar-refractivity contribution in [3.8, 4) is 0 Å². The lowest BCUT2D eigenvalue weighted by Gasteiger charge is -2.18. The van der Waals surface area contributed by atoms with Crippen LogP contribution in [-0.4, -0.2) is 25.0 Å². The summed E-state index contributed by atoms with van der Waals surface area (Å²) in [6, 6.07) is 15.8. The number of amides is 1. The van der Waals surface area contributed by atoms with E-state index in [0.29, 0.717) is 23.2 Å². The molecule has 5 nitrogen and oxygen atoms in total. The summed E-state index contributed by atoms with van der Waals surface area (Å²) in [5.41, 5.74) is 2.85. The van der Waals surface area contributed by atoms with Gasteiger partial charge < -0.3 is 16.0 Å². The van der Waals surface area contributed by atoms with E-state index in [4.69, 9.17) is 11.6 Å². The molecular formula is C21H27ClN4O. The van der Waals surface area contributed by atoms with Gasteiger partial charge in [0.15, 0.2) is 5.96 Å². The number of halogens is 1. The van der Waals surface area contributed by atoms with Crippen molar-refractivity contribution in [2.75, 3.05) is 18.4 Å². The number of nitrogens with one attached hydrogen (secondary N) is 3. The smallest absolute Gasteiger partial charge is 0.226 e. The summed E-state index contributed by atoms with van der Waals surface area (Å²) in [4.78, 5) is 16.7. The average Bonchev–Trinajstić information content (AvgIpc) is 2.65. The molecule has 27 heavy (non-hydrogen) atoms. The first-order valence-electron chi connectivity index (χ1n) is 9.15. The molecule has 3 N–H and O–H groups in total. The minimum Gasteiger partial charge on any atom is -0.357 e. The fourth-order valence-electron chi connectivity index (χ4n) is 2.55. The third kappa shape index (κ3) is 6.94. The molecule has 2 aromatic rings. The molecule has 1 amide bonds. The van der Waals surface area contributed by atoms with Crippen molar-refractivity contribution in [2.45, 2.75) is 33.2 Å². The molecule has 0 spiro atoms. The number of hydrogen-bond acceptors (Lipinski definition) is 2. The minimum absolute atomic E-state index is 0.114. The molecule has 2 rings (SSSR count). The molecule has 0 saturated heterocycles. The standard InChI is InChI=1S/C21H27ClN4O/c1-4-23-21(25-16(3)17-8-6-5-7-9-17)24-13-12-20(27)26-19-11-10-15(2)14-18(19)22/h5-11,14,16H,4,12-13H2,1-3H3,(H,26,27)(H2,23,24,25). The summed E-state index contributed by atoms with van der Waals surface area (Å²) in [6.07, 6.45) is 0.278. The van der Waals surface area contributed by atoms with Crippen LogP contribution in [0.5, 0.6) is 0 Å². The van der Waals surface area contributed by atoms with E-state index in [1.54, 1.807) is 0 Å². The third-order valence-electron chi connectivity index (χ3n) is 4.00. The molecule has 0 radical (unpaired) electrons. The highest BCUT2D eigenvalue weighted by Crippen LogP contribution is 2.22. The van der Waals surface area contributed by atoms with Crippen LogP contribution in [0.4, 0.5) is 5.69 Å². The number of carbonyl (C=O) groups excluding carboxylic acids is 1. The maximum Gasteiger partial charge on any atom is 0.226 e. The van der Waals surface area contributed by atoms with Crippen LogP contribution in [0, 0.1) is 6.92 Å². The highest BCUT2D eigenvalue weighted by molar-refractivity contribution is 6.33. The summed E-state index contributed by atoms with van der Waals surface area (Å²) in [7, 11) is 0. The number of rotatable bonds is 7. The fourth-order valence-corrected chi connectivity index (χ4v) is 2.84. The molecule has 0 bridgehead atoms. The number of aryl methyl sites for hydroxylation is 1. The van der Waals surface area contributed by atoms with Crippen LogP contribution >= 0.6 is 11.6 Å². The number of carbonyl (C=O) groups is 1. The van der Waals surface area contributed by atoms with Crippen LogP contribution in [0.25, 0.3) is 0 Å². The van der Waals surface area contributed by atoms with Crippen molar-refractivity contribution in [3.05, 3.63) is 64.7 Å². The molecule has 0 aromatic heterocycles. The van der Waals surface area contributed by atoms with Gasteiger partial charge >= 0.3 is 0 Å². The number of guanidine groups is 1. The minimum atomic E-state index is -0.114. The van der Waals surface area contributed by atoms with Crippen molar-refractivity contribution in [1.82, 2.24) is 10.6 Å². The Balaban J connectivity index is 1.89. The zero-order valence-electron chi connectivity index (χ0n) is 16.1. The topological polar surface area (TPSA) is 65.5 Å². The van der Waals surface area contributed by atoms with Gasteiger partial charge in [0.1, 0.15) is 0 Å². The first-order chi connectivity index (χ1) is 13.0. The Morgan fingerprint density at radius 1 is 1.19 bits per heavy atom. The molecule has 144 valence electrons. The number of hydrogen-bond donors (Lipinski definition) is 3. The van der Waals surface area contributed by atoms with Crippen LogP contribution in [-0.2, 0) is 4.79 Å². The van der Waals surface area contributed by atoms with Gasteiger partial charge in [0, 0.05) is 13.0 Å². The Labute approximate surface area is 166 Å². The second-order valence-electron chi connectivity index (χ2n) is 6.32. The van der Waals surface area contributed by atoms with Crippen LogP contribution in [0.15, 0.2) is 53.5 Å². The van der Waals surface area contributed by atoms with Gasteiger partial charge in [-0.3, -0.25) is 9.79 Å². The molecule has 0 heterocycles. The van der Waals surface area contributed by atoms with Crippen molar-refractivity contribution in [1.29, 1.82) is 0 Å². The van der Waals surface area contributed by atoms with Gasteiger partial charge in [-0.25, -0.2) is 0 Å². The summed E-state index contributed by atoms with van der Waals surface area (Å²) in [6.45, 7) is 7.17. The molecular weight excluding hydrogens is 360 g/mol. The quantitative estimate of drug-likeness (QED) is 0.491. The van der Waals surface area contributed by atoms with E-state index in [0.717, 1.165) is 12.1 Å². The van der Waals surface area contributed by atoms with Crippen LogP contribution in [0.3, 0.4) is 0 Å². The Kier molecular flexibility index (Phi) is 8.14. The van der Waals surface area contributed by atoms with E-state index < -0.39 is 0 Å². The van der Waals surface area contributed by atoms with Gasteiger partial charge in [-0.15, -0.1) is 0 Å². The third-order valence-corrected chi connectivity index (χ3v) is 4.32. The van der Waals surface area contributed by atoms with Crippen molar-refractivity contribution in [2.24, 2.45) is 4.99 Å². The van der Waals surface area contributed by atoms with E-state index >= 15 is 0 Å². The predicted molar refractivity (Wildman–Crippen MR) is 113 cm³/mol. The first-order valence-corrected chi connectivity index (χ1v) is 9.53. The second-order valence-corrected chi connectivity index (χ2v) is 6.73. The van der Waals surface area contributed by atoms with Crippen molar-refractivity contribution in [3.63, 3.8) is 0 Å². The van der Waals surface area contributed by atoms with Gasteiger partial charge in [-0.05, 0) is 44.0 Å². The van der Waals surface area contributed by atoms with Crippen LogP contribution in [0.1, 0.15) is 37.4 Å². The lowest BCUT2D eigenvalue weighted by atomic mass is 10.1. The average molecular weight is 387 g/mol. The van der Waals surface area contributed by atoms with E-state index in [-0.39, 0.29) is 18.4 Å². The summed E-state index contributed by atoms with van der Waals surface area (Å²) < 4.78 is 0. The van der Waals surface area contributed by atoms with E-state index in [2.05, 4.69) is 40.0 Å². The Morgan fingerprint density at radius 2 is 1.93 bits per heavy atom. The number of aliphatic imine (C=N–C) groups is 1. The van der Waals surface area contributed by atoms with E-state index in [9.17, 15) is 4.79 Å². The lowest BCUT2D eigenvalue weighted by molar-refractivity contribution is -0.116. The van der Waals surface area contributed by atoms with Crippen molar-refractivity contribution >= 4 is 29.2 Å². The van der Waals surface area contributed by atoms with E-state index in [1.807, 2.05) is 50.2 Å². The molecule has 1 atom stereocenters. The van der Waals surface area contributed by atoms with Gasteiger partial charge in [0.2, 0.25) is 5.91 Å². The molecule has 0 saturated carbocycles. The highest BCUT2D eigenvalue weighted by atomic mass is 35.5. The number of benzene rings is 2. The summed E-state index contributed by atoms with van der Waals surface area (Å²) in [5, 5.41) is 9.94. The van der Waals surface area contributed by atoms with Crippen LogP contribution in [0.2, 0.25) is 5.02 Å². The lowest BCUT2D eigenvalue weighted by Crippen LogP contribution is -2.38. The van der Waals surface area contributed by atoms with Crippen molar-refractivity contribution < 1.29 is 4.79 Å². The summed E-state index contributed by atoms with van der Waals surface area (Å²) in [5.74, 6) is 0.575. The van der Waals surface area contributed by atoms with Gasteiger partial charge in [-0.2, -0.15) is 0 Å². The molecule has 0 aliphatic heterocycles. The second kappa shape index (κ2) is 10.6. The van der Waals surface area contributed by atoms with Gasteiger partial charge in [0.25, 0.3) is 0 Å². The highest BCUT2D eigenvalue weighted by Gasteiger charge is 2.08. The SMILES string of the molecule is CCNC(=NCCC(=O)Nc1ccc(C)cc1Cl)NC(C)c1ccccc1. The van der Waals surface area contributed by atoms with E-state index in [1.165, 1.54) is 5.56 Å². The zero-order chi connectivity index (χ0) is 19.6. The Morgan fingerprint density at radius 3 is 2.59 bits per heavy atom. The van der Waals surface area contributed by atoms with Gasteiger partial charge in [0.05, 0.1) is 23.3 Å². The predicted octanol–water partition coefficient (Wildman–Crippen LogP) is 4.29. The molecule has 1 unspecified atom stereocenters. The maximum atomic E-state index is 12.2. The Bertz CT molecular complexity index is 777. The fraction of sp³-hybridized carbons (Fsp3) is 0.333. The maximum absolute atomic E-state index is 12.2. The molecule has 0 aliphatic rings. The largest absolute Gasteiger partial charge is 0.357 e. The summed E-state index contributed by atoms with van der Waals surface area (Å²) >= 11 is 6.15. The molecule has 2 aromatic carbocycles. The number of anilines is 1. The van der Waals surface area contributed by atoms with Gasteiger partial charge in [-0.1, -0.05) is 48.0 Å². The Hall–Kier alpha value is -2.53. The first kappa shape index (κ1) is 20.8. The number of nitrogens with zero attached hydrogens (tertiary/aromatic N) is 1.